The standard InChI is InChI=1S/C26H31N5O2/c1-25(2,3)22-15-21(30(4)29-22)23(32)31-14-11-26(17-31,24(27)33)16-19-7-5-6-8-20(19)18-9-12-28-13-10-18/h5-10,12-13,15H,11,14,16-17H2,1-4H3,(H2,27,33). The number of amides is 2. The van der Waals surface area contributed by atoms with E-state index in [4.69, 9.17) is 5.73 Å². The van der Waals surface area contributed by atoms with Crippen molar-refractivity contribution in [2.24, 2.45) is 18.2 Å². The van der Waals surface area contributed by atoms with Crippen molar-refractivity contribution in [1.29, 1.82) is 0 Å². The molecule has 1 aliphatic heterocycles. The zero-order valence-electron chi connectivity index (χ0n) is 19.7. The van der Waals surface area contributed by atoms with Crippen LogP contribution in [0.25, 0.3) is 11.1 Å². The second-order valence-electron chi connectivity index (χ2n) is 9.98. The van der Waals surface area contributed by atoms with Gasteiger partial charge in [-0.1, -0.05) is 45.0 Å². The molecule has 1 unspecified atom stereocenters. The van der Waals surface area contributed by atoms with Crippen LogP contribution in [0.2, 0.25) is 0 Å². The van der Waals surface area contributed by atoms with Gasteiger partial charge in [-0.05, 0) is 47.7 Å². The summed E-state index contributed by atoms with van der Waals surface area (Å²) in [5.41, 5.74) is 9.49. The predicted molar refractivity (Wildman–Crippen MR) is 127 cm³/mol. The first kappa shape index (κ1) is 22.7. The van der Waals surface area contributed by atoms with E-state index in [9.17, 15) is 9.59 Å². The highest BCUT2D eigenvalue weighted by atomic mass is 16.2. The normalized spacial score (nSPS) is 18.5. The number of nitrogens with zero attached hydrogens (tertiary/aromatic N) is 4. The molecule has 1 aliphatic rings. The van der Waals surface area contributed by atoms with Crippen molar-refractivity contribution in [1.82, 2.24) is 19.7 Å². The Morgan fingerprint density at radius 1 is 1.12 bits per heavy atom. The number of benzene rings is 1. The minimum absolute atomic E-state index is 0.119. The Kier molecular flexibility index (Phi) is 5.82. The Morgan fingerprint density at radius 2 is 1.82 bits per heavy atom. The van der Waals surface area contributed by atoms with Gasteiger partial charge in [-0.15, -0.1) is 0 Å². The largest absolute Gasteiger partial charge is 0.369 e. The van der Waals surface area contributed by atoms with Gasteiger partial charge in [0.15, 0.2) is 0 Å². The first-order valence-electron chi connectivity index (χ1n) is 11.2. The average molecular weight is 446 g/mol. The molecule has 2 N–H and O–H groups in total. The highest BCUT2D eigenvalue weighted by Crippen LogP contribution is 2.37. The molecule has 33 heavy (non-hydrogen) atoms. The summed E-state index contributed by atoms with van der Waals surface area (Å²) in [6.45, 7) is 6.98. The summed E-state index contributed by atoms with van der Waals surface area (Å²) in [6, 6.07) is 13.8. The molecule has 0 spiro atoms. The number of carbonyl (C=O) groups excluding carboxylic acids is 2. The van der Waals surface area contributed by atoms with E-state index in [0.29, 0.717) is 31.6 Å². The Bertz CT molecular complexity index is 1180. The number of pyridine rings is 1. The monoisotopic (exact) mass is 445 g/mol. The first-order chi connectivity index (χ1) is 15.6. The van der Waals surface area contributed by atoms with Crippen LogP contribution in [-0.2, 0) is 23.7 Å². The number of carbonyl (C=O) groups is 2. The van der Waals surface area contributed by atoms with Crippen molar-refractivity contribution in [2.45, 2.75) is 39.0 Å². The highest BCUT2D eigenvalue weighted by Gasteiger charge is 2.45. The number of aromatic nitrogens is 3. The molecule has 0 aliphatic carbocycles. The molecule has 1 atom stereocenters. The quantitative estimate of drug-likeness (QED) is 0.652. The van der Waals surface area contributed by atoms with E-state index in [1.54, 1.807) is 29.0 Å². The average Bonchev–Trinajstić information content (AvgIpc) is 3.39. The first-order valence-corrected chi connectivity index (χ1v) is 11.2. The SMILES string of the molecule is Cn1nc(C(C)(C)C)cc1C(=O)N1CCC(Cc2ccccc2-c2ccncc2)(C(N)=O)C1. The summed E-state index contributed by atoms with van der Waals surface area (Å²) in [5.74, 6) is -0.492. The summed E-state index contributed by atoms with van der Waals surface area (Å²) in [5, 5.41) is 4.53. The van der Waals surface area contributed by atoms with Crippen LogP contribution in [-0.4, -0.2) is 44.6 Å². The zero-order valence-corrected chi connectivity index (χ0v) is 19.7. The van der Waals surface area contributed by atoms with Crippen molar-refractivity contribution in [3.8, 4) is 11.1 Å². The Morgan fingerprint density at radius 3 is 2.45 bits per heavy atom. The van der Waals surface area contributed by atoms with Crippen LogP contribution in [0.15, 0.2) is 54.9 Å². The molecular weight excluding hydrogens is 414 g/mol. The molecular formula is C26H31N5O2. The fourth-order valence-electron chi connectivity index (χ4n) is 4.53. The van der Waals surface area contributed by atoms with Gasteiger partial charge in [-0.25, -0.2) is 0 Å². The molecule has 0 saturated carbocycles. The van der Waals surface area contributed by atoms with Crippen LogP contribution < -0.4 is 5.73 Å². The molecule has 2 amide bonds. The minimum atomic E-state index is -0.815. The number of aryl methyl sites for hydroxylation is 1. The van der Waals surface area contributed by atoms with Crippen LogP contribution in [0.1, 0.15) is 48.9 Å². The lowest BCUT2D eigenvalue weighted by Gasteiger charge is -2.27. The van der Waals surface area contributed by atoms with E-state index >= 15 is 0 Å². The molecule has 0 radical (unpaired) electrons. The van der Waals surface area contributed by atoms with Crippen molar-refractivity contribution < 1.29 is 9.59 Å². The van der Waals surface area contributed by atoms with Crippen molar-refractivity contribution in [3.05, 3.63) is 71.8 Å². The zero-order chi connectivity index (χ0) is 23.8. The Labute approximate surface area is 194 Å². The second kappa shape index (κ2) is 8.46. The topological polar surface area (TPSA) is 94.1 Å². The molecule has 3 heterocycles. The van der Waals surface area contributed by atoms with Crippen molar-refractivity contribution >= 4 is 11.8 Å². The number of hydrogen-bond acceptors (Lipinski definition) is 4. The van der Waals surface area contributed by atoms with E-state index in [2.05, 4.69) is 30.9 Å². The third kappa shape index (κ3) is 4.40. The number of hydrogen-bond donors (Lipinski definition) is 1. The van der Waals surface area contributed by atoms with Gasteiger partial charge < -0.3 is 10.6 Å². The number of primary amides is 1. The highest BCUT2D eigenvalue weighted by molar-refractivity contribution is 5.94. The maximum atomic E-state index is 13.4. The van der Waals surface area contributed by atoms with Crippen LogP contribution in [0.4, 0.5) is 0 Å². The van der Waals surface area contributed by atoms with Gasteiger partial charge in [-0.3, -0.25) is 19.3 Å². The van der Waals surface area contributed by atoms with E-state index in [-0.39, 0.29) is 17.2 Å². The van der Waals surface area contributed by atoms with E-state index in [0.717, 1.165) is 22.4 Å². The van der Waals surface area contributed by atoms with Gasteiger partial charge in [0.25, 0.3) is 5.91 Å². The van der Waals surface area contributed by atoms with Crippen molar-refractivity contribution in [2.75, 3.05) is 13.1 Å². The molecule has 7 heteroatoms. The molecule has 172 valence electrons. The van der Waals surface area contributed by atoms with E-state index in [1.807, 2.05) is 42.5 Å². The lowest BCUT2D eigenvalue weighted by molar-refractivity contribution is -0.126. The lowest BCUT2D eigenvalue weighted by atomic mass is 9.78. The van der Waals surface area contributed by atoms with Gasteiger partial charge in [0.1, 0.15) is 5.69 Å². The summed E-state index contributed by atoms with van der Waals surface area (Å²) < 4.78 is 1.63. The molecule has 7 nitrogen and oxygen atoms in total. The van der Waals surface area contributed by atoms with Crippen LogP contribution in [0, 0.1) is 5.41 Å². The number of nitrogens with two attached hydrogens (primary N) is 1. The molecule has 3 aromatic rings. The van der Waals surface area contributed by atoms with Gasteiger partial charge in [0.2, 0.25) is 5.91 Å². The molecule has 4 rings (SSSR count). The Hall–Kier alpha value is -3.48. The summed E-state index contributed by atoms with van der Waals surface area (Å²) in [6.07, 6.45) is 4.52. The van der Waals surface area contributed by atoms with Crippen LogP contribution in [0.3, 0.4) is 0 Å². The second-order valence-corrected chi connectivity index (χ2v) is 9.98. The Balaban J connectivity index is 1.61. The molecule has 1 aromatic carbocycles. The smallest absolute Gasteiger partial charge is 0.272 e. The number of rotatable bonds is 5. The number of likely N-dealkylation sites (tertiary alicyclic amines) is 1. The van der Waals surface area contributed by atoms with Crippen LogP contribution in [0.5, 0.6) is 0 Å². The fourth-order valence-corrected chi connectivity index (χ4v) is 4.53. The summed E-state index contributed by atoms with van der Waals surface area (Å²) in [7, 11) is 1.78. The maximum absolute atomic E-state index is 13.4. The third-order valence-corrected chi connectivity index (χ3v) is 6.57. The van der Waals surface area contributed by atoms with E-state index < -0.39 is 5.41 Å². The molecule has 0 bridgehead atoms. The van der Waals surface area contributed by atoms with E-state index in [1.165, 1.54) is 0 Å². The van der Waals surface area contributed by atoms with Gasteiger partial charge in [-0.2, -0.15) is 5.10 Å². The van der Waals surface area contributed by atoms with Crippen molar-refractivity contribution in [3.63, 3.8) is 0 Å². The lowest BCUT2D eigenvalue weighted by Crippen LogP contribution is -2.42. The van der Waals surface area contributed by atoms with Crippen LogP contribution >= 0.6 is 0 Å². The summed E-state index contributed by atoms with van der Waals surface area (Å²) >= 11 is 0. The summed E-state index contributed by atoms with van der Waals surface area (Å²) in [4.78, 5) is 31.9. The molecule has 1 fully saturated rings. The third-order valence-electron chi connectivity index (χ3n) is 6.57. The van der Waals surface area contributed by atoms with Gasteiger partial charge in [0.05, 0.1) is 11.1 Å². The molecule has 2 aromatic heterocycles. The predicted octanol–water partition coefficient (Wildman–Crippen LogP) is 3.34. The minimum Gasteiger partial charge on any atom is -0.369 e. The maximum Gasteiger partial charge on any atom is 0.272 e. The fraction of sp³-hybridized carbons (Fsp3) is 0.385. The van der Waals surface area contributed by atoms with Gasteiger partial charge >= 0.3 is 0 Å². The molecule has 1 saturated heterocycles. The van der Waals surface area contributed by atoms with Gasteiger partial charge in [0, 0.05) is 37.9 Å².